The second-order valence-electron chi connectivity index (χ2n) is 5.27. The first-order chi connectivity index (χ1) is 12.7. The molecule has 0 saturated heterocycles. The van der Waals surface area contributed by atoms with Gasteiger partial charge in [0, 0.05) is 12.8 Å². The molecule has 1 aliphatic heterocycles. The topological polar surface area (TPSA) is 90.6 Å². The first-order valence-corrected chi connectivity index (χ1v) is 9.88. The minimum absolute atomic E-state index is 0.0991. The maximum absolute atomic E-state index is 11.9. The quantitative estimate of drug-likeness (QED) is 0.716. The van der Waals surface area contributed by atoms with Gasteiger partial charge in [-0.25, -0.2) is 0 Å². The van der Waals surface area contributed by atoms with Crippen molar-refractivity contribution < 1.29 is 14.3 Å². The zero-order chi connectivity index (χ0) is 18.4. The molecule has 2 heterocycles. The van der Waals surface area contributed by atoms with Gasteiger partial charge in [-0.1, -0.05) is 35.7 Å². The molecule has 1 aromatic carbocycles. The molecule has 0 spiro atoms. The minimum Gasteiger partial charge on any atom is -0.493 e. The van der Waals surface area contributed by atoms with Crippen molar-refractivity contribution in [2.24, 2.45) is 12.0 Å². The van der Waals surface area contributed by atoms with E-state index in [4.69, 9.17) is 9.47 Å². The SMILES string of the molecule is COc1ccccc1OCc1nnc(SCC(=O)NC2=NCCS2)n1C. The number of carbonyl (C=O) groups is 1. The first-order valence-electron chi connectivity index (χ1n) is 7.91. The predicted molar refractivity (Wildman–Crippen MR) is 102 cm³/mol. The Morgan fingerprint density at radius 1 is 1.35 bits per heavy atom. The van der Waals surface area contributed by atoms with Crippen molar-refractivity contribution in [3.8, 4) is 11.5 Å². The molecule has 0 saturated carbocycles. The molecule has 2 aromatic rings. The second-order valence-corrected chi connectivity index (χ2v) is 7.30. The van der Waals surface area contributed by atoms with Crippen LogP contribution in [-0.4, -0.2) is 51.0 Å². The number of nitrogens with one attached hydrogen (secondary N) is 1. The number of aromatic nitrogens is 3. The van der Waals surface area contributed by atoms with Crippen LogP contribution >= 0.6 is 23.5 Å². The van der Waals surface area contributed by atoms with Gasteiger partial charge in [0.2, 0.25) is 5.91 Å². The third-order valence-electron chi connectivity index (χ3n) is 3.52. The summed E-state index contributed by atoms with van der Waals surface area (Å²) >= 11 is 2.88. The summed E-state index contributed by atoms with van der Waals surface area (Å²) in [6.45, 7) is 1.01. The summed E-state index contributed by atoms with van der Waals surface area (Å²) in [6.07, 6.45) is 0. The molecule has 0 atom stereocenters. The average molecular weight is 393 g/mol. The monoisotopic (exact) mass is 393 g/mol. The molecular weight excluding hydrogens is 374 g/mol. The van der Waals surface area contributed by atoms with Gasteiger partial charge in [0.1, 0.15) is 6.61 Å². The minimum atomic E-state index is -0.0991. The lowest BCUT2D eigenvalue weighted by Gasteiger charge is -2.10. The highest BCUT2D eigenvalue weighted by Gasteiger charge is 2.15. The first kappa shape index (κ1) is 18.6. The van der Waals surface area contributed by atoms with Crippen LogP contribution in [0.2, 0.25) is 0 Å². The van der Waals surface area contributed by atoms with Crippen molar-refractivity contribution in [3.63, 3.8) is 0 Å². The Kier molecular flexibility index (Phi) is 6.40. The summed E-state index contributed by atoms with van der Waals surface area (Å²) in [5, 5.41) is 12.4. The summed E-state index contributed by atoms with van der Waals surface area (Å²) in [6, 6.07) is 7.42. The molecule has 1 aliphatic rings. The highest BCUT2D eigenvalue weighted by Crippen LogP contribution is 2.26. The third-order valence-corrected chi connectivity index (χ3v) is 5.43. The van der Waals surface area contributed by atoms with Gasteiger partial charge in [0.05, 0.1) is 19.4 Å². The molecule has 138 valence electrons. The van der Waals surface area contributed by atoms with Crippen LogP contribution in [0.25, 0.3) is 0 Å². The van der Waals surface area contributed by atoms with E-state index in [1.165, 1.54) is 11.8 Å². The lowest BCUT2D eigenvalue weighted by atomic mass is 10.3. The largest absolute Gasteiger partial charge is 0.493 e. The maximum atomic E-state index is 11.9. The van der Waals surface area contributed by atoms with Crippen LogP contribution in [0.1, 0.15) is 5.82 Å². The summed E-state index contributed by atoms with van der Waals surface area (Å²) in [4.78, 5) is 16.1. The second kappa shape index (κ2) is 8.95. The van der Waals surface area contributed by atoms with Crippen molar-refractivity contribution in [1.29, 1.82) is 0 Å². The van der Waals surface area contributed by atoms with Gasteiger partial charge >= 0.3 is 0 Å². The Balaban J connectivity index is 1.53. The van der Waals surface area contributed by atoms with Crippen molar-refractivity contribution >= 4 is 34.6 Å². The molecule has 3 rings (SSSR count). The van der Waals surface area contributed by atoms with E-state index in [9.17, 15) is 4.79 Å². The number of hydrogen-bond donors (Lipinski definition) is 1. The van der Waals surface area contributed by atoms with E-state index in [-0.39, 0.29) is 18.3 Å². The molecule has 0 unspecified atom stereocenters. The number of amidine groups is 1. The van der Waals surface area contributed by atoms with Crippen molar-refractivity contribution in [2.75, 3.05) is 25.2 Å². The average Bonchev–Trinajstić information content (AvgIpc) is 3.28. The number of carbonyl (C=O) groups excluding carboxylic acids is 1. The molecule has 8 nitrogen and oxygen atoms in total. The Bertz CT molecular complexity index is 809. The van der Waals surface area contributed by atoms with E-state index >= 15 is 0 Å². The number of nitrogens with zero attached hydrogens (tertiary/aromatic N) is 4. The number of methoxy groups -OCH3 is 1. The van der Waals surface area contributed by atoms with Crippen molar-refractivity contribution in [2.45, 2.75) is 11.8 Å². The van der Waals surface area contributed by atoms with Crippen molar-refractivity contribution in [1.82, 2.24) is 20.1 Å². The van der Waals surface area contributed by atoms with Gasteiger partial charge in [-0.3, -0.25) is 9.79 Å². The summed E-state index contributed by atoms with van der Waals surface area (Å²) in [5.74, 6) is 3.03. The van der Waals surface area contributed by atoms with Gasteiger partial charge in [-0.05, 0) is 12.1 Å². The van der Waals surface area contributed by atoms with E-state index in [2.05, 4.69) is 20.5 Å². The molecule has 1 aromatic heterocycles. The van der Waals surface area contributed by atoms with Crippen LogP contribution in [0.3, 0.4) is 0 Å². The van der Waals surface area contributed by atoms with Gasteiger partial charge in [0.15, 0.2) is 27.6 Å². The fraction of sp³-hybridized carbons (Fsp3) is 0.375. The molecule has 1 N–H and O–H groups in total. The number of ether oxygens (including phenoxy) is 2. The number of rotatable bonds is 7. The van der Waals surface area contributed by atoms with E-state index in [1.54, 1.807) is 18.9 Å². The van der Waals surface area contributed by atoms with Gasteiger partial charge < -0.3 is 19.4 Å². The van der Waals surface area contributed by atoms with Crippen LogP contribution in [0.15, 0.2) is 34.4 Å². The Hall–Kier alpha value is -2.20. The Labute approximate surface area is 159 Å². The summed E-state index contributed by atoms with van der Waals surface area (Å²) in [5.41, 5.74) is 0. The van der Waals surface area contributed by atoms with Gasteiger partial charge in [0.25, 0.3) is 0 Å². The molecule has 0 aliphatic carbocycles. The van der Waals surface area contributed by atoms with Gasteiger partial charge in [-0.15, -0.1) is 10.2 Å². The summed E-state index contributed by atoms with van der Waals surface area (Å²) < 4.78 is 12.8. The highest BCUT2D eigenvalue weighted by molar-refractivity contribution is 8.14. The maximum Gasteiger partial charge on any atom is 0.236 e. The Morgan fingerprint density at radius 2 is 2.15 bits per heavy atom. The number of hydrogen-bond acceptors (Lipinski definition) is 8. The number of para-hydroxylation sites is 2. The standard InChI is InChI=1S/C16H19N5O3S2/c1-21-13(9-24-12-6-4-3-5-11(12)23-2)19-20-16(21)26-10-14(22)18-15-17-7-8-25-15/h3-6H,7-10H2,1-2H3,(H,17,18,22). The van der Waals surface area contributed by atoms with Crippen LogP contribution < -0.4 is 14.8 Å². The summed E-state index contributed by atoms with van der Waals surface area (Å²) in [7, 11) is 3.44. The van der Waals surface area contributed by atoms with Crippen LogP contribution in [0, 0.1) is 0 Å². The number of thioether (sulfide) groups is 2. The molecule has 0 bridgehead atoms. The molecule has 1 amide bonds. The molecule has 10 heteroatoms. The van der Waals surface area contributed by atoms with E-state index in [0.29, 0.717) is 27.6 Å². The Morgan fingerprint density at radius 3 is 2.88 bits per heavy atom. The lowest BCUT2D eigenvalue weighted by molar-refractivity contribution is -0.117. The van der Waals surface area contributed by atoms with Crippen molar-refractivity contribution in [3.05, 3.63) is 30.1 Å². The molecular formula is C16H19N5O3S2. The zero-order valence-corrected chi connectivity index (χ0v) is 16.1. The van der Waals surface area contributed by atoms with Crippen LogP contribution in [0.4, 0.5) is 0 Å². The number of aliphatic imine (C=N–C) groups is 1. The van der Waals surface area contributed by atoms with E-state index < -0.39 is 0 Å². The zero-order valence-electron chi connectivity index (χ0n) is 14.5. The molecule has 0 fully saturated rings. The molecule has 0 radical (unpaired) electrons. The third kappa shape index (κ3) is 4.70. The highest BCUT2D eigenvalue weighted by atomic mass is 32.2. The fourth-order valence-electron chi connectivity index (χ4n) is 2.17. The van der Waals surface area contributed by atoms with E-state index in [0.717, 1.165) is 12.3 Å². The number of benzene rings is 1. The lowest BCUT2D eigenvalue weighted by Crippen LogP contribution is -2.29. The number of amides is 1. The smallest absolute Gasteiger partial charge is 0.236 e. The van der Waals surface area contributed by atoms with Gasteiger partial charge in [-0.2, -0.15) is 0 Å². The van der Waals surface area contributed by atoms with Crippen LogP contribution in [0.5, 0.6) is 11.5 Å². The normalized spacial score (nSPS) is 13.4. The van der Waals surface area contributed by atoms with Crippen LogP contribution in [-0.2, 0) is 18.4 Å². The predicted octanol–water partition coefficient (Wildman–Crippen LogP) is 1.71. The fourth-order valence-corrected chi connectivity index (χ4v) is 3.65. The van der Waals surface area contributed by atoms with E-state index in [1.807, 2.05) is 35.9 Å². The molecule has 26 heavy (non-hydrogen) atoms.